The van der Waals surface area contributed by atoms with E-state index in [1.165, 1.54) is 16.9 Å². The highest BCUT2D eigenvalue weighted by atomic mass is 16.6. The van der Waals surface area contributed by atoms with Gasteiger partial charge in [0, 0.05) is 10.9 Å². The number of hydrogen-bond donors (Lipinski definition) is 1. The zero-order chi connectivity index (χ0) is 20.0. The smallest absolute Gasteiger partial charge is 0.340 e. The molecule has 142 valence electrons. The number of fused-ring (bicyclic) bond motifs is 2. The van der Waals surface area contributed by atoms with Crippen molar-refractivity contribution in [1.82, 2.24) is 4.57 Å². The Morgan fingerprint density at radius 3 is 2.66 bits per heavy atom. The van der Waals surface area contributed by atoms with Gasteiger partial charge in [0.25, 0.3) is 0 Å². The Kier molecular flexibility index (Phi) is 3.77. The number of para-hydroxylation sites is 1. The third kappa shape index (κ3) is 2.61. The number of carbonyl (C=O) groups excluding carboxylic acids is 2. The van der Waals surface area contributed by atoms with Crippen LogP contribution in [0.5, 0.6) is 5.88 Å². The van der Waals surface area contributed by atoms with Gasteiger partial charge in [-0.1, -0.05) is 36.4 Å². The summed E-state index contributed by atoms with van der Waals surface area (Å²) >= 11 is 0. The summed E-state index contributed by atoms with van der Waals surface area (Å²) in [6.07, 6.45) is 0.506. The predicted molar refractivity (Wildman–Crippen MR) is 101 cm³/mol. The van der Waals surface area contributed by atoms with Crippen LogP contribution in [-0.4, -0.2) is 21.6 Å². The number of furan rings is 1. The molecule has 8 nitrogen and oxygen atoms in total. The van der Waals surface area contributed by atoms with E-state index >= 15 is 0 Å². The molecule has 8 heteroatoms. The summed E-state index contributed by atoms with van der Waals surface area (Å²) in [6.45, 7) is 0. The normalized spacial score (nSPS) is 15.7. The molecule has 0 aliphatic carbocycles. The van der Waals surface area contributed by atoms with Gasteiger partial charge in [0.05, 0.1) is 17.3 Å². The second kappa shape index (κ2) is 6.45. The van der Waals surface area contributed by atoms with Crippen molar-refractivity contribution in [2.75, 3.05) is 0 Å². The summed E-state index contributed by atoms with van der Waals surface area (Å²) in [5.74, 6) is -1.38. The van der Waals surface area contributed by atoms with Gasteiger partial charge in [-0.2, -0.15) is 0 Å². The molecule has 0 saturated heterocycles. The lowest BCUT2D eigenvalue weighted by Gasteiger charge is -2.15. The first-order valence-corrected chi connectivity index (χ1v) is 8.76. The van der Waals surface area contributed by atoms with Gasteiger partial charge in [0.2, 0.25) is 12.1 Å². The van der Waals surface area contributed by atoms with E-state index in [0.717, 1.165) is 0 Å². The number of cyclic esters (lactones) is 1. The highest BCUT2D eigenvalue weighted by Crippen LogP contribution is 2.44. The zero-order valence-corrected chi connectivity index (χ0v) is 14.9. The molecule has 1 N–H and O–H groups in total. The number of benzene rings is 2. The molecule has 1 aliphatic heterocycles. The molecule has 0 radical (unpaired) electrons. The summed E-state index contributed by atoms with van der Waals surface area (Å²) < 4.78 is 12.0. The van der Waals surface area contributed by atoms with Crippen LogP contribution >= 0.6 is 0 Å². The van der Waals surface area contributed by atoms with Crippen molar-refractivity contribution in [3.8, 4) is 5.88 Å². The minimum absolute atomic E-state index is 0.0376. The minimum Gasteiger partial charge on any atom is -0.493 e. The Morgan fingerprint density at radius 2 is 1.83 bits per heavy atom. The molecule has 1 atom stereocenters. The fourth-order valence-electron chi connectivity index (χ4n) is 3.43. The van der Waals surface area contributed by atoms with Crippen molar-refractivity contribution >= 4 is 28.5 Å². The standard InChI is InChI=1S/C21H13N3O5/c25-18(16-10-5-11-28-16)23-22-17-14-8-3-4-9-15(14)24(19(17)26)20-12-6-1-2-7-13(12)21(27)29-20/h1-11,20,26H. The second-order valence-electron chi connectivity index (χ2n) is 6.39. The van der Waals surface area contributed by atoms with Gasteiger partial charge in [-0.25, -0.2) is 4.79 Å². The fourth-order valence-corrected chi connectivity index (χ4v) is 3.43. The van der Waals surface area contributed by atoms with Crippen LogP contribution in [0.1, 0.15) is 32.7 Å². The fraction of sp³-hybridized carbons (Fsp3) is 0.0476. The molecule has 1 unspecified atom stereocenters. The molecule has 0 fully saturated rings. The third-order valence-corrected chi connectivity index (χ3v) is 4.73. The lowest BCUT2D eigenvalue weighted by atomic mass is 10.1. The van der Waals surface area contributed by atoms with Gasteiger partial charge in [0.1, 0.15) is 0 Å². The van der Waals surface area contributed by atoms with Crippen LogP contribution in [0.15, 0.2) is 81.6 Å². The number of amides is 1. The molecule has 1 amide bonds. The monoisotopic (exact) mass is 387 g/mol. The Balaban J connectivity index is 1.64. The van der Waals surface area contributed by atoms with Crippen molar-refractivity contribution in [3.63, 3.8) is 0 Å². The van der Waals surface area contributed by atoms with E-state index in [0.29, 0.717) is 22.0 Å². The molecule has 2 aromatic heterocycles. The summed E-state index contributed by atoms with van der Waals surface area (Å²) in [4.78, 5) is 24.3. The van der Waals surface area contributed by atoms with Gasteiger partial charge in [-0.15, -0.1) is 10.2 Å². The number of nitrogens with zero attached hydrogens (tertiary/aromatic N) is 3. The molecule has 1 aliphatic rings. The maximum absolute atomic E-state index is 12.2. The topological polar surface area (TPSA) is 106 Å². The van der Waals surface area contributed by atoms with E-state index < -0.39 is 18.1 Å². The maximum atomic E-state index is 12.2. The lowest BCUT2D eigenvalue weighted by Crippen LogP contribution is -2.09. The van der Waals surface area contributed by atoms with Crippen LogP contribution in [0.4, 0.5) is 5.69 Å². The SMILES string of the molecule is O=C(N=Nc1c(O)n(C2OC(=O)c3ccccc32)c2ccccc12)c1ccco1. The Bertz CT molecular complexity index is 1290. The Hall–Kier alpha value is -4.20. The van der Waals surface area contributed by atoms with E-state index in [2.05, 4.69) is 10.2 Å². The molecule has 0 saturated carbocycles. The third-order valence-electron chi connectivity index (χ3n) is 4.73. The van der Waals surface area contributed by atoms with E-state index in [1.807, 2.05) is 0 Å². The molecule has 4 aromatic rings. The van der Waals surface area contributed by atoms with E-state index in [9.17, 15) is 14.7 Å². The first-order valence-electron chi connectivity index (χ1n) is 8.76. The van der Waals surface area contributed by atoms with Crippen LogP contribution in [-0.2, 0) is 4.74 Å². The first-order chi connectivity index (χ1) is 14.1. The van der Waals surface area contributed by atoms with Crippen LogP contribution in [0, 0.1) is 0 Å². The average Bonchev–Trinajstić information content (AvgIpc) is 3.44. The number of azo groups is 1. The molecule has 2 aromatic carbocycles. The second-order valence-corrected chi connectivity index (χ2v) is 6.39. The van der Waals surface area contributed by atoms with Gasteiger partial charge in [-0.05, 0) is 24.3 Å². The van der Waals surface area contributed by atoms with Gasteiger partial charge in [-0.3, -0.25) is 9.36 Å². The van der Waals surface area contributed by atoms with Crippen molar-refractivity contribution in [3.05, 3.63) is 83.8 Å². The van der Waals surface area contributed by atoms with Gasteiger partial charge < -0.3 is 14.3 Å². The number of esters is 1. The molecule has 29 heavy (non-hydrogen) atoms. The van der Waals surface area contributed by atoms with E-state index in [4.69, 9.17) is 9.15 Å². The van der Waals surface area contributed by atoms with Crippen molar-refractivity contribution in [2.45, 2.75) is 6.23 Å². The first kappa shape index (κ1) is 16.9. The van der Waals surface area contributed by atoms with E-state index in [1.54, 1.807) is 54.6 Å². The molecule has 0 spiro atoms. The minimum atomic E-state index is -0.853. The summed E-state index contributed by atoms with van der Waals surface area (Å²) in [5, 5.41) is 19.1. The van der Waals surface area contributed by atoms with Gasteiger partial charge >= 0.3 is 11.9 Å². The van der Waals surface area contributed by atoms with E-state index in [-0.39, 0.29) is 17.3 Å². The van der Waals surface area contributed by atoms with Crippen molar-refractivity contribution < 1.29 is 23.8 Å². The number of rotatable bonds is 3. The number of carbonyl (C=O) groups is 2. The molecule has 0 bridgehead atoms. The largest absolute Gasteiger partial charge is 0.493 e. The average molecular weight is 387 g/mol. The van der Waals surface area contributed by atoms with Crippen LogP contribution in [0.25, 0.3) is 10.9 Å². The Labute approximate surface area is 163 Å². The van der Waals surface area contributed by atoms with Gasteiger partial charge in [0.15, 0.2) is 11.4 Å². The molecular weight excluding hydrogens is 374 g/mol. The predicted octanol–water partition coefficient (Wildman–Crippen LogP) is 4.58. The lowest BCUT2D eigenvalue weighted by molar-refractivity contribution is 0.0318. The number of aromatic hydroxyl groups is 1. The summed E-state index contributed by atoms with van der Waals surface area (Å²) in [7, 11) is 0. The molecule has 5 rings (SSSR count). The van der Waals surface area contributed by atoms with Crippen LogP contribution < -0.4 is 0 Å². The summed E-state index contributed by atoms with van der Waals surface area (Å²) in [6, 6.07) is 17.1. The van der Waals surface area contributed by atoms with Crippen molar-refractivity contribution in [2.24, 2.45) is 10.2 Å². The van der Waals surface area contributed by atoms with Crippen LogP contribution in [0.2, 0.25) is 0 Å². The molecular formula is C21H13N3O5. The number of aromatic nitrogens is 1. The quantitative estimate of drug-likeness (QED) is 0.409. The highest BCUT2D eigenvalue weighted by molar-refractivity contribution is 5.98. The van der Waals surface area contributed by atoms with Crippen LogP contribution in [0.3, 0.4) is 0 Å². The molecule has 3 heterocycles. The number of ether oxygens (including phenoxy) is 1. The zero-order valence-electron chi connectivity index (χ0n) is 14.9. The van der Waals surface area contributed by atoms with Crippen molar-refractivity contribution in [1.29, 1.82) is 0 Å². The maximum Gasteiger partial charge on any atom is 0.340 e. The number of hydrogen-bond acceptors (Lipinski definition) is 6. The highest BCUT2D eigenvalue weighted by Gasteiger charge is 2.35. The Morgan fingerprint density at radius 1 is 1.03 bits per heavy atom. The summed E-state index contributed by atoms with van der Waals surface area (Å²) in [5.41, 5.74) is 1.74.